The van der Waals surface area contributed by atoms with Crippen LogP contribution in [0.1, 0.15) is 34.3 Å². The van der Waals surface area contributed by atoms with Crippen LogP contribution in [0.2, 0.25) is 0 Å². The number of hydrogen-bond donors (Lipinski definition) is 6. The van der Waals surface area contributed by atoms with Crippen molar-refractivity contribution < 1.29 is 19.6 Å². The molecule has 0 saturated carbocycles. The van der Waals surface area contributed by atoms with Crippen molar-refractivity contribution in [1.82, 2.24) is 10.8 Å². The van der Waals surface area contributed by atoms with Gasteiger partial charge in [0.25, 0.3) is 11.8 Å². The standard InChI is InChI=1S/C24H25N5O4/c25-14-4-9-22(30)27-20-8-3-7-18(15-20)6-2-1-5-17-10-12-19(13-11-17)23(31)28-21(16-26)24(32)29-33/h3,7-8,10-13,15,21,33H,4,9,14,16,25-26H2,(H,27,30)(H,28,31)(H,29,32)/t21-/m0/s1. The van der Waals surface area contributed by atoms with Crippen LogP contribution < -0.4 is 27.6 Å². The molecule has 0 aliphatic heterocycles. The Balaban J connectivity index is 1.98. The summed E-state index contributed by atoms with van der Waals surface area (Å²) < 4.78 is 0. The largest absolute Gasteiger partial charge is 0.339 e. The number of benzene rings is 2. The fraction of sp³-hybridized carbons (Fsp3) is 0.208. The van der Waals surface area contributed by atoms with Gasteiger partial charge in [0.05, 0.1) is 0 Å². The SMILES string of the molecule is NCCCC(=O)Nc1cccc(C#CC#Cc2ccc(C(=O)N[C@@H](CN)C(=O)NO)cc2)c1. The van der Waals surface area contributed by atoms with Gasteiger partial charge in [-0.15, -0.1) is 0 Å². The zero-order valence-electron chi connectivity index (χ0n) is 17.9. The van der Waals surface area contributed by atoms with Crippen LogP contribution in [0, 0.1) is 23.7 Å². The van der Waals surface area contributed by atoms with Crippen molar-refractivity contribution in [3.63, 3.8) is 0 Å². The highest BCUT2D eigenvalue weighted by atomic mass is 16.5. The molecular weight excluding hydrogens is 422 g/mol. The van der Waals surface area contributed by atoms with Crippen LogP contribution >= 0.6 is 0 Å². The summed E-state index contributed by atoms with van der Waals surface area (Å²) in [5.41, 5.74) is 14.6. The van der Waals surface area contributed by atoms with E-state index in [0.29, 0.717) is 41.8 Å². The summed E-state index contributed by atoms with van der Waals surface area (Å²) in [5.74, 6) is 9.88. The van der Waals surface area contributed by atoms with Gasteiger partial charge < -0.3 is 22.1 Å². The Morgan fingerprint density at radius 2 is 1.67 bits per heavy atom. The maximum Gasteiger partial charge on any atom is 0.267 e. The molecule has 0 aliphatic rings. The Bertz CT molecular complexity index is 1110. The van der Waals surface area contributed by atoms with Crippen LogP contribution in [0.3, 0.4) is 0 Å². The van der Waals surface area contributed by atoms with Crippen LogP contribution in [0.15, 0.2) is 48.5 Å². The first-order valence-corrected chi connectivity index (χ1v) is 10.1. The van der Waals surface area contributed by atoms with Gasteiger partial charge in [-0.25, -0.2) is 5.48 Å². The van der Waals surface area contributed by atoms with Crippen molar-refractivity contribution in [3.8, 4) is 23.7 Å². The van der Waals surface area contributed by atoms with Gasteiger partial charge in [0, 0.05) is 35.3 Å². The van der Waals surface area contributed by atoms with E-state index in [-0.39, 0.29) is 12.5 Å². The molecule has 9 heteroatoms. The monoisotopic (exact) mass is 447 g/mol. The van der Waals surface area contributed by atoms with E-state index in [9.17, 15) is 14.4 Å². The third-order valence-electron chi connectivity index (χ3n) is 4.35. The molecule has 0 heterocycles. The number of hydroxylamine groups is 1. The normalized spacial score (nSPS) is 10.5. The fourth-order valence-electron chi connectivity index (χ4n) is 2.62. The summed E-state index contributed by atoms with van der Waals surface area (Å²) in [6.45, 7) is 0.301. The highest BCUT2D eigenvalue weighted by molar-refractivity contribution is 5.97. The molecule has 2 aromatic carbocycles. The molecule has 2 aromatic rings. The summed E-state index contributed by atoms with van der Waals surface area (Å²) in [7, 11) is 0. The first-order valence-electron chi connectivity index (χ1n) is 10.1. The lowest BCUT2D eigenvalue weighted by Gasteiger charge is -2.14. The highest BCUT2D eigenvalue weighted by Gasteiger charge is 2.19. The minimum absolute atomic E-state index is 0.0994. The zero-order chi connectivity index (χ0) is 24.1. The molecule has 2 rings (SSSR count). The molecule has 9 nitrogen and oxygen atoms in total. The van der Waals surface area contributed by atoms with Gasteiger partial charge in [-0.3, -0.25) is 19.6 Å². The van der Waals surface area contributed by atoms with Gasteiger partial charge >= 0.3 is 0 Å². The predicted octanol–water partition coefficient (Wildman–Crippen LogP) is 0.330. The van der Waals surface area contributed by atoms with Crippen molar-refractivity contribution in [1.29, 1.82) is 0 Å². The third kappa shape index (κ3) is 8.48. The second kappa shape index (κ2) is 13.3. The minimum atomic E-state index is -1.05. The third-order valence-corrected chi connectivity index (χ3v) is 4.35. The lowest BCUT2D eigenvalue weighted by molar-refractivity contribution is -0.130. The fourth-order valence-corrected chi connectivity index (χ4v) is 2.62. The van der Waals surface area contributed by atoms with Gasteiger partial charge in [-0.05, 0) is 67.3 Å². The number of nitrogens with one attached hydrogen (secondary N) is 3. The molecule has 0 saturated heterocycles. The van der Waals surface area contributed by atoms with Crippen molar-refractivity contribution in [2.24, 2.45) is 11.5 Å². The molecule has 0 radical (unpaired) electrons. The topological polar surface area (TPSA) is 160 Å². The van der Waals surface area contributed by atoms with Crippen molar-refractivity contribution in [2.75, 3.05) is 18.4 Å². The van der Waals surface area contributed by atoms with Gasteiger partial charge in [0.2, 0.25) is 5.91 Å². The lowest BCUT2D eigenvalue weighted by atomic mass is 10.1. The average Bonchev–Trinajstić information content (AvgIpc) is 2.83. The number of nitrogens with two attached hydrogens (primary N) is 2. The van der Waals surface area contributed by atoms with Crippen LogP contribution in [0.25, 0.3) is 0 Å². The van der Waals surface area contributed by atoms with E-state index >= 15 is 0 Å². The minimum Gasteiger partial charge on any atom is -0.339 e. The summed E-state index contributed by atoms with van der Waals surface area (Å²) in [4.78, 5) is 35.4. The van der Waals surface area contributed by atoms with Gasteiger partial charge in [-0.2, -0.15) is 0 Å². The molecule has 8 N–H and O–H groups in total. The summed E-state index contributed by atoms with van der Waals surface area (Å²) in [6.07, 6.45) is 0.992. The van der Waals surface area contributed by atoms with E-state index in [2.05, 4.69) is 34.3 Å². The van der Waals surface area contributed by atoms with E-state index < -0.39 is 17.9 Å². The molecule has 3 amide bonds. The molecule has 0 unspecified atom stereocenters. The van der Waals surface area contributed by atoms with Crippen LogP contribution in [-0.4, -0.2) is 42.1 Å². The van der Waals surface area contributed by atoms with E-state index in [1.165, 1.54) is 5.48 Å². The molecular formula is C24H25N5O4. The number of rotatable bonds is 8. The van der Waals surface area contributed by atoms with E-state index in [0.717, 1.165) is 0 Å². The molecule has 0 bridgehead atoms. The second-order valence-electron chi connectivity index (χ2n) is 6.84. The van der Waals surface area contributed by atoms with Gasteiger partial charge in [0.1, 0.15) is 6.04 Å². The molecule has 33 heavy (non-hydrogen) atoms. The van der Waals surface area contributed by atoms with Crippen LogP contribution in [0.5, 0.6) is 0 Å². The van der Waals surface area contributed by atoms with E-state index in [1.54, 1.807) is 42.5 Å². The van der Waals surface area contributed by atoms with Crippen molar-refractivity contribution in [2.45, 2.75) is 18.9 Å². The second-order valence-corrected chi connectivity index (χ2v) is 6.84. The Hall–Kier alpha value is -4.15. The number of amides is 3. The maximum absolute atomic E-state index is 12.2. The Labute approximate surface area is 191 Å². The van der Waals surface area contributed by atoms with Gasteiger partial charge in [0.15, 0.2) is 0 Å². The highest BCUT2D eigenvalue weighted by Crippen LogP contribution is 2.10. The first kappa shape index (κ1) is 25.1. The molecule has 0 aromatic heterocycles. The van der Waals surface area contributed by atoms with Crippen LogP contribution in [-0.2, 0) is 9.59 Å². The van der Waals surface area contributed by atoms with E-state index in [4.69, 9.17) is 16.7 Å². The summed E-state index contributed by atoms with van der Waals surface area (Å²) in [5, 5.41) is 13.9. The zero-order valence-corrected chi connectivity index (χ0v) is 17.9. The van der Waals surface area contributed by atoms with Crippen molar-refractivity contribution >= 4 is 23.4 Å². The number of anilines is 1. The summed E-state index contributed by atoms with van der Waals surface area (Å²) >= 11 is 0. The molecule has 0 aliphatic carbocycles. The maximum atomic E-state index is 12.2. The predicted molar refractivity (Wildman–Crippen MR) is 124 cm³/mol. The van der Waals surface area contributed by atoms with Crippen LogP contribution in [0.4, 0.5) is 5.69 Å². The van der Waals surface area contributed by atoms with Gasteiger partial charge in [-0.1, -0.05) is 17.9 Å². The smallest absolute Gasteiger partial charge is 0.267 e. The average molecular weight is 447 g/mol. The quantitative estimate of drug-likeness (QED) is 0.194. The molecule has 170 valence electrons. The summed E-state index contributed by atoms with van der Waals surface area (Å²) in [6, 6.07) is 12.5. The number of carbonyl (C=O) groups is 3. The van der Waals surface area contributed by atoms with E-state index in [1.807, 2.05) is 6.07 Å². The lowest BCUT2D eigenvalue weighted by Crippen LogP contribution is -2.50. The molecule has 1 atom stereocenters. The Morgan fingerprint density at radius 1 is 0.970 bits per heavy atom. The van der Waals surface area contributed by atoms with Crippen molar-refractivity contribution in [3.05, 3.63) is 65.2 Å². The molecule has 0 fully saturated rings. The number of carbonyl (C=O) groups excluding carboxylic acids is 3. The molecule has 0 spiro atoms. The first-order chi connectivity index (χ1) is 16.0. The Morgan fingerprint density at radius 3 is 2.30 bits per heavy atom. The Kier molecular flexibility index (Phi) is 10.1. The number of hydrogen-bond acceptors (Lipinski definition) is 6.